The van der Waals surface area contributed by atoms with Crippen molar-refractivity contribution in [3.63, 3.8) is 0 Å². The van der Waals surface area contributed by atoms with Crippen molar-refractivity contribution in [2.45, 2.75) is 117 Å². The fourth-order valence-corrected chi connectivity index (χ4v) is 7.46. The van der Waals surface area contributed by atoms with E-state index in [2.05, 4.69) is 66.3 Å². The highest BCUT2D eigenvalue weighted by Crippen LogP contribution is 2.28. The molecular formula is C48H67F2N11O8. The number of esters is 2. The molecule has 376 valence electrons. The summed E-state index contributed by atoms with van der Waals surface area (Å²) in [6.45, 7) is 14.0. The summed E-state index contributed by atoms with van der Waals surface area (Å²) in [6.07, 6.45) is 9.89. The van der Waals surface area contributed by atoms with E-state index in [1.807, 2.05) is 0 Å². The van der Waals surface area contributed by atoms with E-state index < -0.39 is 35.1 Å². The number of hydrogen-bond donors (Lipinski definition) is 6. The number of amides is 1. The Morgan fingerprint density at radius 2 is 1.00 bits per heavy atom. The number of rotatable bonds is 14. The summed E-state index contributed by atoms with van der Waals surface area (Å²) in [5, 5.41) is 9.38. The van der Waals surface area contributed by atoms with E-state index in [-0.39, 0.29) is 75.5 Å². The highest BCUT2D eigenvalue weighted by molar-refractivity contribution is 6.13. The highest BCUT2D eigenvalue weighted by atomic mass is 19.1. The zero-order valence-corrected chi connectivity index (χ0v) is 40.7. The molecular weight excluding hydrogens is 897 g/mol. The number of benzene rings is 2. The van der Waals surface area contributed by atoms with Gasteiger partial charge in [0.2, 0.25) is 29.4 Å². The maximum atomic E-state index is 13.6. The molecule has 19 nitrogen and oxygen atoms in total. The van der Waals surface area contributed by atoms with Crippen LogP contribution in [0, 0.1) is 11.6 Å². The van der Waals surface area contributed by atoms with Gasteiger partial charge >= 0.3 is 11.9 Å². The van der Waals surface area contributed by atoms with Gasteiger partial charge in [0.15, 0.2) is 0 Å². The molecule has 2 aliphatic carbocycles. The van der Waals surface area contributed by atoms with Crippen LogP contribution in [0.1, 0.15) is 125 Å². The molecule has 2 aromatic heterocycles. The lowest BCUT2D eigenvalue weighted by atomic mass is 9.91. The van der Waals surface area contributed by atoms with E-state index in [0.717, 1.165) is 63.5 Å². The minimum Gasteiger partial charge on any atom is -0.496 e. The first-order chi connectivity index (χ1) is 32.8. The number of nitrogens with zero attached hydrogens (tertiary/aromatic N) is 5. The largest absolute Gasteiger partial charge is 0.496 e. The molecule has 2 fully saturated rings. The molecule has 0 atom stereocenters. The van der Waals surface area contributed by atoms with Crippen molar-refractivity contribution in [2.75, 3.05) is 56.0 Å². The second kappa shape index (κ2) is 28.5. The number of anilines is 4. The van der Waals surface area contributed by atoms with Crippen molar-refractivity contribution in [2.24, 2.45) is 5.73 Å². The van der Waals surface area contributed by atoms with E-state index in [1.54, 1.807) is 0 Å². The molecule has 69 heavy (non-hydrogen) atoms. The van der Waals surface area contributed by atoms with Crippen molar-refractivity contribution in [1.82, 2.24) is 30.2 Å². The monoisotopic (exact) mass is 964 g/mol. The third-order valence-electron chi connectivity index (χ3n) is 11.1. The van der Waals surface area contributed by atoms with Gasteiger partial charge in [-0.2, -0.15) is 9.97 Å². The fourth-order valence-electron chi connectivity index (χ4n) is 7.46. The van der Waals surface area contributed by atoms with Crippen LogP contribution >= 0.6 is 0 Å². The summed E-state index contributed by atoms with van der Waals surface area (Å²) in [7, 11) is 2.81. The van der Waals surface area contributed by atoms with Crippen molar-refractivity contribution >= 4 is 52.9 Å². The minimum atomic E-state index is -0.562. The van der Waals surface area contributed by atoms with Crippen LogP contribution in [0.4, 0.5) is 32.3 Å². The number of nitrogens with two attached hydrogens (primary N) is 3. The Hall–Kier alpha value is -6.87. The maximum Gasteiger partial charge on any atom is 0.310 e. The highest BCUT2D eigenvalue weighted by Gasteiger charge is 2.25. The van der Waals surface area contributed by atoms with Gasteiger partial charge in [-0.25, -0.2) is 18.7 Å². The van der Waals surface area contributed by atoms with Gasteiger partial charge in [0, 0.05) is 57.3 Å². The van der Waals surface area contributed by atoms with Gasteiger partial charge in [-0.1, -0.05) is 20.8 Å². The maximum absolute atomic E-state index is 13.6. The molecule has 2 aliphatic rings. The Morgan fingerprint density at radius 1 is 0.623 bits per heavy atom. The number of nitrogen functional groups attached to an aromatic ring is 2. The Morgan fingerprint density at radius 3 is 1.30 bits per heavy atom. The predicted octanol–water partition coefficient (Wildman–Crippen LogP) is 5.86. The Balaban J connectivity index is 0.000000287. The van der Waals surface area contributed by atoms with Crippen molar-refractivity contribution < 1.29 is 47.0 Å². The smallest absolute Gasteiger partial charge is 0.310 e. The second-order valence-electron chi connectivity index (χ2n) is 16.2. The molecule has 0 saturated heterocycles. The van der Waals surface area contributed by atoms with Crippen LogP contribution < -0.4 is 42.6 Å². The van der Waals surface area contributed by atoms with E-state index in [9.17, 15) is 32.8 Å². The molecule has 2 heterocycles. The molecule has 0 spiro atoms. The van der Waals surface area contributed by atoms with Gasteiger partial charge in [0.05, 0.1) is 36.5 Å². The molecule has 2 aromatic carbocycles. The van der Waals surface area contributed by atoms with Crippen molar-refractivity contribution in [3.8, 4) is 11.5 Å². The molecule has 2 saturated carbocycles. The van der Waals surface area contributed by atoms with Crippen LogP contribution in [0.3, 0.4) is 0 Å². The van der Waals surface area contributed by atoms with Crippen LogP contribution in [-0.4, -0.2) is 112 Å². The van der Waals surface area contributed by atoms with Gasteiger partial charge in [-0.3, -0.25) is 24.0 Å². The summed E-state index contributed by atoms with van der Waals surface area (Å²) in [6, 6.07) is 8.25. The zero-order valence-electron chi connectivity index (χ0n) is 40.7. The van der Waals surface area contributed by atoms with Gasteiger partial charge in [0.1, 0.15) is 34.8 Å². The first-order valence-corrected chi connectivity index (χ1v) is 22.8. The van der Waals surface area contributed by atoms with Crippen LogP contribution in [0.2, 0.25) is 0 Å². The van der Waals surface area contributed by atoms with Crippen LogP contribution in [-0.2, 0) is 19.1 Å². The Bertz CT molecular complexity index is 2320. The number of halogens is 2. The number of aromatic nitrogens is 4. The normalized spacial score (nSPS) is 17.2. The summed E-state index contributed by atoms with van der Waals surface area (Å²) in [4.78, 5) is 75.4. The first-order valence-electron chi connectivity index (χ1n) is 22.8. The number of carbonyl (C=O) groups is 5. The summed E-state index contributed by atoms with van der Waals surface area (Å²) in [5.41, 5.74) is 18.1. The molecule has 0 aliphatic heterocycles. The van der Waals surface area contributed by atoms with E-state index in [1.165, 1.54) is 91.3 Å². The van der Waals surface area contributed by atoms with E-state index >= 15 is 0 Å². The van der Waals surface area contributed by atoms with Crippen LogP contribution in [0.5, 0.6) is 11.5 Å². The minimum absolute atomic E-state index is 0.00532. The lowest BCUT2D eigenvalue weighted by molar-refractivity contribution is -0.156. The number of carbonyl (C=O) groups excluding carboxylic acids is 5. The molecule has 4 aromatic rings. The van der Waals surface area contributed by atoms with E-state index in [0.29, 0.717) is 11.9 Å². The van der Waals surface area contributed by atoms with Gasteiger partial charge < -0.3 is 52.3 Å². The summed E-state index contributed by atoms with van der Waals surface area (Å²) < 4.78 is 41.3. The van der Waals surface area contributed by atoms with Crippen LogP contribution in [0.25, 0.3) is 0 Å². The standard InChI is InChI=1S/C20H24FN5O3.C18H22FN5O2.C6H15N.C4H6O3/c1-11(27)24-13-4-6-14(7-5-13)25-20-23-10-16(19(22)26-20)18(28)15-9-12(21)3-8-17(15)29-2;1-26-15-7-2-10(19)8-13(15)16(25)14-9-22-18(24-17(14)21)23-12-5-3-11(20)4-6-12;1-4-7(5-2)6-3;1-3(5)7-4(2)6/h3,8-10,13-14H,4-7H2,1-2H3,(H,24,27)(H3,22,23,25,26);2,7-9,11-12H,3-6,20H2,1H3,(H3,21,22,23,24);4-6H2,1-3H3;1-2H3. The summed E-state index contributed by atoms with van der Waals surface area (Å²) in [5.74, 6) is -2.01. The quantitative estimate of drug-likeness (QED) is 0.0490. The van der Waals surface area contributed by atoms with Crippen molar-refractivity contribution in [3.05, 3.63) is 82.7 Å². The third kappa shape index (κ3) is 18.6. The Kier molecular flexibility index (Phi) is 23.3. The number of hydrogen-bond acceptors (Lipinski definition) is 18. The average Bonchev–Trinajstić information content (AvgIpc) is 3.31. The number of methoxy groups -OCH3 is 2. The fraction of sp³-hybridized carbons (Fsp3) is 0.479. The SMILES string of the molecule is CC(=O)OC(C)=O.CCN(CC)CC.COc1ccc(F)cc1C(=O)c1cnc(NC2CCC(N)CC2)nc1N.COc1ccc(F)cc1C(=O)c1cnc(NC2CCC(NC(C)=O)CC2)nc1N. The van der Waals surface area contributed by atoms with Crippen LogP contribution in [0.15, 0.2) is 48.8 Å². The zero-order chi connectivity index (χ0) is 51.2. The third-order valence-corrected chi connectivity index (χ3v) is 11.1. The second-order valence-corrected chi connectivity index (χ2v) is 16.2. The van der Waals surface area contributed by atoms with E-state index in [4.69, 9.17) is 26.7 Å². The molecule has 0 radical (unpaired) electrons. The first kappa shape index (κ1) is 56.5. The Labute approximate surface area is 402 Å². The molecule has 1 amide bonds. The van der Waals surface area contributed by atoms with Crippen molar-refractivity contribution in [1.29, 1.82) is 0 Å². The number of nitrogens with one attached hydrogen (secondary N) is 3. The lowest BCUT2D eigenvalue weighted by Gasteiger charge is -2.29. The molecule has 0 unspecified atom stereocenters. The number of ketones is 2. The van der Waals surface area contributed by atoms with Gasteiger partial charge in [-0.05, 0) is 107 Å². The molecule has 21 heteroatoms. The average molecular weight is 964 g/mol. The lowest BCUT2D eigenvalue weighted by Crippen LogP contribution is -2.39. The molecule has 9 N–H and O–H groups in total. The molecule has 0 bridgehead atoms. The summed E-state index contributed by atoms with van der Waals surface area (Å²) >= 11 is 0. The topological polar surface area (TPSA) is 282 Å². The molecule has 6 rings (SSSR count). The number of ether oxygens (including phenoxy) is 3. The van der Waals surface area contributed by atoms with Gasteiger partial charge in [-0.15, -0.1) is 0 Å². The predicted molar refractivity (Wildman–Crippen MR) is 259 cm³/mol. The van der Waals surface area contributed by atoms with Gasteiger partial charge in [0.25, 0.3) is 0 Å².